The largest absolute Gasteiger partial charge is 0.378 e. The second-order valence-corrected chi connectivity index (χ2v) is 5.17. The maximum absolute atomic E-state index is 12.8. The number of hydrogen-bond acceptors (Lipinski definition) is 1. The molecule has 17 heavy (non-hydrogen) atoms. The topological polar surface area (TPSA) is 12.0 Å². The highest BCUT2D eigenvalue weighted by Gasteiger charge is 2.05. The van der Waals surface area contributed by atoms with E-state index in [-0.39, 0.29) is 11.9 Å². The maximum atomic E-state index is 12.8. The molecule has 0 aliphatic heterocycles. The van der Waals surface area contributed by atoms with Crippen molar-refractivity contribution in [1.82, 2.24) is 0 Å². The molecule has 1 N–H and O–H groups in total. The summed E-state index contributed by atoms with van der Waals surface area (Å²) in [7, 11) is 0. The normalized spacial score (nSPS) is 12.2. The molecule has 3 heteroatoms. The Morgan fingerprint density at radius 1 is 1.12 bits per heavy atom. The lowest BCUT2D eigenvalue weighted by molar-refractivity contribution is 0.626. The van der Waals surface area contributed by atoms with Gasteiger partial charge in [0.05, 0.1) is 0 Å². The van der Waals surface area contributed by atoms with E-state index in [1.165, 1.54) is 15.7 Å². The Bertz CT molecular complexity index is 496. The Morgan fingerprint density at radius 3 is 2.47 bits per heavy atom. The van der Waals surface area contributed by atoms with Gasteiger partial charge in [0, 0.05) is 15.3 Å². The lowest BCUT2D eigenvalue weighted by Crippen LogP contribution is -2.06. The first-order valence-electron chi connectivity index (χ1n) is 5.43. The standard InChI is InChI=1S/C14H13FIN/c1-10(11-5-7-12(15)8-6-11)17-14-4-2-3-13(16)9-14/h2-10,17H,1H3. The third-order valence-electron chi connectivity index (χ3n) is 2.58. The molecule has 0 bridgehead atoms. The lowest BCUT2D eigenvalue weighted by Gasteiger charge is -2.15. The molecule has 0 radical (unpaired) electrons. The average Bonchev–Trinajstić information content (AvgIpc) is 2.29. The van der Waals surface area contributed by atoms with Gasteiger partial charge in [-0.3, -0.25) is 0 Å². The van der Waals surface area contributed by atoms with Gasteiger partial charge in [-0.05, 0) is 65.4 Å². The summed E-state index contributed by atoms with van der Waals surface area (Å²) in [5.74, 6) is -0.199. The third kappa shape index (κ3) is 3.43. The lowest BCUT2D eigenvalue weighted by atomic mass is 10.1. The molecule has 0 spiro atoms. The fourth-order valence-electron chi connectivity index (χ4n) is 1.66. The summed E-state index contributed by atoms with van der Waals surface area (Å²) in [4.78, 5) is 0. The Kier molecular flexibility index (Phi) is 3.99. The fourth-order valence-corrected chi connectivity index (χ4v) is 2.21. The van der Waals surface area contributed by atoms with Crippen molar-refractivity contribution in [2.24, 2.45) is 0 Å². The van der Waals surface area contributed by atoms with Gasteiger partial charge in [-0.1, -0.05) is 18.2 Å². The highest BCUT2D eigenvalue weighted by molar-refractivity contribution is 14.1. The molecule has 2 aromatic carbocycles. The molecule has 88 valence electrons. The van der Waals surface area contributed by atoms with Crippen molar-refractivity contribution < 1.29 is 4.39 Å². The van der Waals surface area contributed by atoms with Crippen LogP contribution in [0.4, 0.5) is 10.1 Å². The minimum Gasteiger partial charge on any atom is -0.378 e. The van der Waals surface area contributed by atoms with Crippen LogP contribution < -0.4 is 5.32 Å². The quantitative estimate of drug-likeness (QED) is 0.805. The van der Waals surface area contributed by atoms with E-state index < -0.39 is 0 Å². The molecular formula is C14H13FIN. The Hall–Kier alpha value is -1.10. The molecule has 0 saturated heterocycles. The smallest absolute Gasteiger partial charge is 0.123 e. The van der Waals surface area contributed by atoms with E-state index in [9.17, 15) is 4.39 Å². The van der Waals surface area contributed by atoms with E-state index in [0.717, 1.165) is 11.3 Å². The van der Waals surface area contributed by atoms with Crippen molar-refractivity contribution in [1.29, 1.82) is 0 Å². The predicted molar refractivity (Wildman–Crippen MR) is 77.6 cm³/mol. The zero-order chi connectivity index (χ0) is 12.3. The zero-order valence-electron chi connectivity index (χ0n) is 9.45. The van der Waals surface area contributed by atoms with Gasteiger partial charge in [-0.25, -0.2) is 4.39 Å². The van der Waals surface area contributed by atoms with Crippen molar-refractivity contribution in [3.63, 3.8) is 0 Å². The molecule has 1 atom stereocenters. The Morgan fingerprint density at radius 2 is 1.82 bits per heavy atom. The van der Waals surface area contributed by atoms with Gasteiger partial charge >= 0.3 is 0 Å². The van der Waals surface area contributed by atoms with Crippen LogP contribution in [0.3, 0.4) is 0 Å². The van der Waals surface area contributed by atoms with Crippen LogP contribution in [-0.2, 0) is 0 Å². The molecule has 2 rings (SSSR count). The highest BCUT2D eigenvalue weighted by Crippen LogP contribution is 2.20. The molecule has 1 nitrogen and oxygen atoms in total. The molecule has 0 aliphatic carbocycles. The van der Waals surface area contributed by atoms with E-state index in [2.05, 4.69) is 40.9 Å². The Balaban J connectivity index is 2.11. The summed E-state index contributed by atoms with van der Waals surface area (Å²) in [6, 6.07) is 14.9. The first-order chi connectivity index (χ1) is 8.15. The summed E-state index contributed by atoms with van der Waals surface area (Å²) in [6.45, 7) is 2.06. The first kappa shape index (κ1) is 12.4. The van der Waals surface area contributed by atoms with E-state index >= 15 is 0 Å². The van der Waals surface area contributed by atoms with Crippen LogP contribution in [0.5, 0.6) is 0 Å². The maximum Gasteiger partial charge on any atom is 0.123 e. The summed E-state index contributed by atoms with van der Waals surface area (Å²) in [6.07, 6.45) is 0. The van der Waals surface area contributed by atoms with E-state index in [4.69, 9.17) is 0 Å². The Labute approximate surface area is 114 Å². The van der Waals surface area contributed by atoms with E-state index in [1.807, 2.05) is 18.2 Å². The molecule has 0 aliphatic rings. The van der Waals surface area contributed by atoms with Gasteiger partial charge in [0.1, 0.15) is 5.82 Å². The summed E-state index contributed by atoms with van der Waals surface area (Å²) in [5, 5.41) is 3.39. The van der Waals surface area contributed by atoms with Crippen molar-refractivity contribution in [2.45, 2.75) is 13.0 Å². The minimum absolute atomic E-state index is 0.161. The summed E-state index contributed by atoms with van der Waals surface area (Å²) >= 11 is 2.28. The zero-order valence-corrected chi connectivity index (χ0v) is 11.6. The molecule has 0 heterocycles. The molecule has 2 aromatic rings. The summed E-state index contributed by atoms with van der Waals surface area (Å²) < 4.78 is 14.0. The predicted octanol–water partition coefficient (Wildman–Crippen LogP) is 4.60. The number of rotatable bonds is 3. The van der Waals surface area contributed by atoms with Crippen LogP contribution in [-0.4, -0.2) is 0 Å². The molecule has 1 unspecified atom stereocenters. The molecule has 0 fully saturated rings. The molecule has 0 aromatic heterocycles. The third-order valence-corrected chi connectivity index (χ3v) is 3.25. The molecule has 0 amide bonds. The monoisotopic (exact) mass is 341 g/mol. The van der Waals surface area contributed by atoms with Crippen molar-refractivity contribution >= 4 is 28.3 Å². The first-order valence-corrected chi connectivity index (χ1v) is 6.50. The number of anilines is 1. The fraction of sp³-hybridized carbons (Fsp3) is 0.143. The van der Waals surface area contributed by atoms with E-state index in [0.29, 0.717) is 0 Å². The second kappa shape index (κ2) is 5.49. The number of benzene rings is 2. The van der Waals surface area contributed by atoms with Gasteiger partial charge in [0.25, 0.3) is 0 Å². The van der Waals surface area contributed by atoms with Crippen LogP contribution >= 0.6 is 22.6 Å². The van der Waals surface area contributed by atoms with E-state index in [1.54, 1.807) is 12.1 Å². The second-order valence-electron chi connectivity index (χ2n) is 3.93. The molecule has 0 saturated carbocycles. The van der Waals surface area contributed by atoms with Crippen LogP contribution in [0.2, 0.25) is 0 Å². The number of hydrogen-bond donors (Lipinski definition) is 1. The van der Waals surface area contributed by atoms with Crippen LogP contribution in [0, 0.1) is 9.39 Å². The minimum atomic E-state index is -0.199. The van der Waals surface area contributed by atoms with Crippen molar-refractivity contribution in [3.8, 4) is 0 Å². The van der Waals surface area contributed by atoms with Crippen LogP contribution in [0.1, 0.15) is 18.5 Å². The van der Waals surface area contributed by atoms with Gasteiger partial charge in [-0.2, -0.15) is 0 Å². The SMILES string of the molecule is CC(Nc1cccc(I)c1)c1ccc(F)cc1. The summed E-state index contributed by atoms with van der Waals surface area (Å²) in [5.41, 5.74) is 2.15. The van der Waals surface area contributed by atoms with Gasteiger partial charge in [0.15, 0.2) is 0 Å². The van der Waals surface area contributed by atoms with Crippen molar-refractivity contribution in [3.05, 3.63) is 63.5 Å². The average molecular weight is 341 g/mol. The van der Waals surface area contributed by atoms with Gasteiger partial charge in [-0.15, -0.1) is 0 Å². The van der Waals surface area contributed by atoms with Gasteiger partial charge < -0.3 is 5.32 Å². The molecular weight excluding hydrogens is 328 g/mol. The van der Waals surface area contributed by atoms with Gasteiger partial charge in [0.2, 0.25) is 0 Å². The van der Waals surface area contributed by atoms with Crippen molar-refractivity contribution in [2.75, 3.05) is 5.32 Å². The van der Waals surface area contributed by atoms with Crippen LogP contribution in [0.15, 0.2) is 48.5 Å². The number of nitrogens with one attached hydrogen (secondary N) is 1. The highest BCUT2D eigenvalue weighted by atomic mass is 127. The van der Waals surface area contributed by atoms with Crippen LogP contribution in [0.25, 0.3) is 0 Å². The number of halogens is 2.